The standard InChI is InChI=1S/C13H10BrFN2O/c14-10-7-8(15)5-6-12(10)18-11-4-2-1-3-9(11)13(16)17/h1-7H,(H3,16,17). The molecule has 0 amide bonds. The molecule has 0 fully saturated rings. The van der Waals surface area contributed by atoms with E-state index in [4.69, 9.17) is 15.9 Å². The third-order valence-electron chi connectivity index (χ3n) is 2.29. The zero-order valence-electron chi connectivity index (χ0n) is 9.28. The third-order valence-corrected chi connectivity index (χ3v) is 2.91. The average molecular weight is 309 g/mol. The number of hydrogen-bond donors (Lipinski definition) is 2. The van der Waals surface area contributed by atoms with Crippen LogP contribution in [0.4, 0.5) is 4.39 Å². The summed E-state index contributed by atoms with van der Waals surface area (Å²) >= 11 is 3.22. The van der Waals surface area contributed by atoms with Crippen LogP contribution in [0.5, 0.6) is 11.5 Å². The number of nitrogens with one attached hydrogen (secondary N) is 1. The lowest BCUT2D eigenvalue weighted by Gasteiger charge is -2.11. The van der Waals surface area contributed by atoms with Crippen molar-refractivity contribution in [3.05, 3.63) is 58.3 Å². The predicted molar refractivity (Wildman–Crippen MR) is 71.6 cm³/mol. The summed E-state index contributed by atoms with van der Waals surface area (Å²) in [4.78, 5) is 0. The average Bonchev–Trinajstić information content (AvgIpc) is 2.33. The maximum atomic E-state index is 13.0. The highest BCUT2D eigenvalue weighted by Crippen LogP contribution is 2.31. The Labute approximate surface area is 112 Å². The molecule has 0 atom stereocenters. The van der Waals surface area contributed by atoms with Crippen LogP contribution < -0.4 is 10.5 Å². The van der Waals surface area contributed by atoms with E-state index >= 15 is 0 Å². The van der Waals surface area contributed by atoms with Gasteiger partial charge in [0.15, 0.2) is 0 Å². The van der Waals surface area contributed by atoms with E-state index in [1.807, 2.05) is 0 Å². The van der Waals surface area contributed by atoms with Crippen molar-refractivity contribution in [3.63, 3.8) is 0 Å². The van der Waals surface area contributed by atoms with Crippen molar-refractivity contribution in [3.8, 4) is 11.5 Å². The molecule has 0 saturated carbocycles. The van der Waals surface area contributed by atoms with Crippen molar-refractivity contribution < 1.29 is 9.13 Å². The molecule has 3 nitrogen and oxygen atoms in total. The van der Waals surface area contributed by atoms with Crippen LogP contribution in [-0.2, 0) is 0 Å². The molecule has 0 radical (unpaired) electrons. The fraction of sp³-hybridized carbons (Fsp3) is 0. The first kappa shape index (κ1) is 12.6. The summed E-state index contributed by atoms with van der Waals surface area (Å²) in [6.07, 6.45) is 0. The van der Waals surface area contributed by atoms with Crippen LogP contribution in [-0.4, -0.2) is 5.84 Å². The Hall–Kier alpha value is -1.88. The van der Waals surface area contributed by atoms with Gasteiger partial charge in [-0.1, -0.05) is 12.1 Å². The first-order valence-electron chi connectivity index (χ1n) is 5.14. The summed E-state index contributed by atoms with van der Waals surface area (Å²) in [7, 11) is 0. The monoisotopic (exact) mass is 308 g/mol. The molecule has 0 unspecified atom stereocenters. The minimum Gasteiger partial charge on any atom is -0.455 e. The predicted octanol–water partition coefficient (Wildman–Crippen LogP) is 3.66. The molecule has 5 heteroatoms. The van der Waals surface area contributed by atoms with E-state index < -0.39 is 0 Å². The molecule has 0 spiro atoms. The number of hydrogen-bond acceptors (Lipinski definition) is 2. The van der Waals surface area contributed by atoms with Crippen LogP contribution in [0.25, 0.3) is 0 Å². The largest absolute Gasteiger partial charge is 0.455 e. The molecular formula is C13H10BrFN2O. The molecule has 2 rings (SSSR count). The quantitative estimate of drug-likeness (QED) is 0.671. The van der Waals surface area contributed by atoms with Crippen molar-refractivity contribution in [1.82, 2.24) is 0 Å². The summed E-state index contributed by atoms with van der Waals surface area (Å²) in [5.41, 5.74) is 5.96. The second-order valence-electron chi connectivity index (χ2n) is 3.59. The molecule has 0 aliphatic carbocycles. The Kier molecular flexibility index (Phi) is 3.62. The van der Waals surface area contributed by atoms with Gasteiger partial charge in [-0.15, -0.1) is 0 Å². The van der Waals surface area contributed by atoms with Gasteiger partial charge < -0.3 is 10.5 Å². The van der Waals surface area contributed by atoms with Gasteiger partial charge in [0.2, 0.25) is 0 Å². The van der Waals surface area contributed by atoms with Crippen molar-refractivity contribution in [1.29, 1.82) is 5.41 Å². The SMILES string of the molecule is N=C(N)c1ccccc1Oc1ccc(F)cc1Br. The van der Waals surface area contributed by atoms with Gasteiger partial charge in [0.1, 0.15) is 23.2 Å². The van der Waals surface area contributed by atoms with E-state index in [0.29, 0.717) is 21.5 Å². The second kappa shape index (κ2) is 5.18. The molecule has 92 valence electrons. The topological polar surface area (TPSA) is 59.1 Å². The number of nitrogen functional groups attached to an aromatic ring is 1. The lowest BCUT2D eigenvalue weighted by atomic mass is 10.2. The number of para-hydroxylation sites is 1. The van der Waals surface area contributed by atoms with Gasteiger partial charge >= 0.3 is 0 Å². The fourth-order valence-corrected chi connectivity index (χ4v) is 1.89. The molecule has 0 saturated heterocycles. The van der Waals surface area contributed by atoms with Crippen molar-refractivity contribution in [2.45, 2.75) is 0 Å². The summed E-state index contributed by atoms with van der Waals surface area (Å²) in [6.45, 7) is 0. The Morgan fingerprint density at radius 1 is 1.17 bits per heavy atom. The molecule has 0 heterocycles. The number of nitrogens with two attached hydrogens (primary N) is 1. The molecule has 18 heavy (non-hydrogen) atoms. The Bertz CT molecular complexity index is 601. The van der Waals surface area contributed by atoms with Crippen molar-refractivity contribution >= 4 is 21.8 Å². The minimum absolute atomic E-state index is 0.0798. The van der Waals surface area contributed by atoms with Crippen molar-refractivity contribution in [2.75, 3.05) is 0 Å². The van der Waals surface area contributed by atoms with Gasteiger partial charge in [-0.25, -0.2) is 4.39 Å². The fourth-order valence-electron chi connectivity index (χ4n) is 1.45. The smallest absolute Gasteiger partial charge is 0.141 e. The van der Waals surface area contributed by atoms with Gasteiger partial charge in [0.05, 0.1) is 10.0 Å². The third kappa shape index (κ3) is 2.68. The molecule has 2 aromatic carbocycles. The van der Waals surface area contributed by atoms with Gasteiger partial charge in [-0.2, -0.15) is 0 Å². The molecule has 2 aromatic rings. The van der Waals surface area contributed by atoms with Gasteiger partial charge in [-0.05, 0) is 46.3 Å². The summed E-state index contributed by atoms with van der Waals surface area (Å²) in [6, 6.07) is 11.1. The van der Waals surface area contributed by atoms with E-state index in [0.717, 1.165) is 0 Å². The Morgan fingerprint density at radius 3 is 2.56 bits per heavy atom. The van der Waals surface area contributed by atoms with Crippen LogP contribution in [0, 0.1) is 11.2 Å². The summed E-state index contributed by atoms with van der Waals surface area (Å²) in [5, 5.41) is 7.46. The zero-order chi connectivity index (χ0) is 13.1. The first-order valence-corrected chi connectivity index (χ1v) is 5.93. The number of rotatable bonds is 3. The number of amidine groups is 1. The van der Waals surface area contributed by atoms with Gasteiger partial charge in [0, 0.05) is 0 Å². The van der Waals surface area contributed by atoms with E-state index in [1.54, 1.807) is 24.3 Å². The number of benzene rings is 2. The zero-order valence-corrected chi connectivity index (χ0v) is 10.9. The van der Waals surface area contributed by atoms with E-state index in [2.05, 4.69) is 15.9 Å². The van der Waals surface area contributed by atoms with E-state index in [1.165, 1.54) is 18.2 Å². The maximum Gasteiger partial charge on any atom is 0.141 e. The maximum absolute atomic E-state index is 13.0. The highest BCUT2D eigenvalue weighted by Gasteiger charge is 2.09. The highest BCUT2D eigenvalue weighted by molar-refractivity contribution is 9.10. The second-order valence-corrected chi connectivity index (χ2v) is 4.44. The van der Waals surface area contributed by atoms with Crippen LogP contribution in [0.15, 0.2) is 46.9 Å². The lowest BCUT2D eigenvalue weighted by Crippen LogP contribution is -2.12. The van der Waals surface area contributed by atoms with Crippen LogP contribution >= 0.6 is 15.9 Å². The number of ether oxygens (including phenoxy) is 1. The van der Waals surface area contributed by atoms with Crippen molar-refractivity contribution in [2.24, 2.45) is 5.73 Å². The normalized spacial score (nSPS) is 10.1. The lowest BCUT2D eigenvalue weighted by molar-refractivity contribution is 0.476. The van der Waals surface area contributed by atoms with Crippen LogP contribution in [0.2, 0.25) is 0 Å². The Morgan fingerprint density at radius 2 is 1.89 bits per heavy atom. The van der Waals surface area contributed by atoms with Crippen LogP contribution in [0.1, 0.15) is 5.56 Å². The number of halogens is 2. The van der Waals surface area contributed by atoms with E-state index in [9.17, 15) is 4.39 Å². The van der Waals surface area contributed by atoms with Crippen LogP contribution in [0.3, 0.4) is 0 Å². The summed E-state index contributed by atoms with van der Waals surface area (Å²) in [5.74, 6) is 0.486. The van der Waals surface area contributed by atoms with Gasteiger partial charge in [0.25, 0.3) is 0 Å². The molecular weight excluding hydrogens is 299 g/mol. The molecule has 0 bridgehead atoms. The minimum atomic E-state index is -0.353. The molecule has 0 aliphatic rings. The molecule has 3 N–H and O–H groups in total. The highest BCUT2D eigenvalue weighted by atomic mass is 79.9. The van der Waals surface area contributed by atoms with Gasteiger partial charge in [-0.3, -0.25) is 5.41 Å². The molecule has 0 aliphatic heterocycles. The first-order chi connectivity index (χ1) is 8.58. The Balaban J connectivity index is 2.37. The molecule has 0 aromatic heterocycles. The summed E-state index contributed by atoms with van der Waals surface area (Å²) < 4.78 is 19.1. The van der Waals surface area contributed by atoms with E-state index in [-0.39, 0.29) is 11.7 Å².